The highest BCUT2D eigenvalue weighted by atomic mass is 16.3. The molecule has 14 aromatic rings. The summed E-state index contributed by atoms with van der Waals surface area (Å²) >= 11 is 0. The fraction of sp³-hybridized carbons (Fsp3) is 0. The zero-order valence-electron chi connectivity index (χ0n) is 36.6. The highest BCUT2D eigenvalue weighted by Gasteiger charge is 2.20. The minimum Gasteiger partial charge on any atom is -0.456 e. The molecule has 0 unspecified atom stereocenters. The Morgan fingerprint density at radius 3 is 1.46 bits per heavy atom. The molecule has 3 aromatic heterocycles. The van der Waals surface area contributed by atoms with Crippen LogP contribution >= 0.6 is 0 Å². The number of benzene rings is 11. The standard InChI is InChI=1S/C63H38N4O/c1-3-11-39(12-4-1)41-19-24-45(25-20-41)61-64-62(46-26-21-42(22-27-46)40-13-5-2-6-14-40)66-63(65-61)49-28-23-44-30-33-58-60(52(44)36-49)54-38-50(31-34-57(54)68-58)67-55-32-29-43-15-9-10-18-51(43)59(55)53-35-47-16-7-8-17-48(47)37-56(53)67/h1-38H. The van der Waals surface area contributed by atoms with E-state index in [1.165, 1.54) is 43.4 Å². The Kier molecular flexibility index (Phi) is 8.52. The van der Waals surface area contributed by atoms with Crippen LogP contribution in [0.1, 0.15) is 0 Å². The van der Waals surface area contributed by atoms with E-state index in [0.717, 1.165) is 77.3 Å². The van der Waals surface area contributed by atoms with Crippen molar-refractivity contribution in [3.8, 4) is 62.1 Å². The lowest BCUT2D eigenvalue weighted by Gasteiger charge is -2.11. The Bertz CT molecular complexity index is 4190. The Labute approximate surface area is 390 Å². The number of nitrogens with zero attached hydrogens (tertiary/aromatic N) is 4. The van der Waals surface area contributed by atoms with Crippen molar-refractivity contribution < 1.29 is 4.42 Å². The van der Waals surface area contributed by atoms with Crippen LogP contribution in [0.15, 0.2) is 235 Å². The maximum Gasteiger partial charge on any atom is 0.164 e. The summed E-state index contributed by atoms with van der Waals surface area (Å²) in [5.74, 6) is 1.82. The molecule has 0 aliphatic heterocycles. The molecule has 0 radical (unpaired) electrons. The van der Waals surface area contributed by atoms with Gasteiger partial charge in [0.05, 0.1) is 11.0 Å². The fourth-order valence-electron chi connectivity index (χ4n) is 10.3. The first-order valence-electron chi connectivity index (χ1n) is 23.0. The van der Waals surface area contributed by atoms with Crippen molar-refractivity contribution in [2.24, 2.45) is 0 Å². The van der Waals surface area contributed by atoms with Gasteiger partial charge >= 0.3 is 0 Å². The van der Waals surface area contributed by atoms with Gasteiger partial charge < -0.3 is 8.98 Å². The van der Waals surface area contributed by atoms with Crippen LogP contribution in [0.3, 0.4) is 0 Å². The molecule has 316 valence electrons. The number of hydrogen-bond donors (Lipinski definition) is 0. The summed E-state index contributed by atoms with van der Waals surface area (Å²) < 4.78 is 9.08. The number of rotatable bonds is 6. The van der Waals surface area contributed by atoms with Gasteiger partial charge in [0.1, 0.15) is 11.2 Å². The van der Waals surface area contributed by atoms with E-state index in [-0.39, 0.29) is 0 Å². The molecule has 0 saturated carbocycles. The third kappa shape index (κ3) is 6.21. The number of fused-ring (bicyclic) bond motifs is 11. The molecule has 0 atom stereocenters. The Hall–Kier alpha value is -9.19. The smallest absolute Gasteiger partial charge is 0.164 e. The van der Waals surface area contributed by atoms with Crippen molar-refractivity contribution in [3.63, 3.8) is 0 Å². The molecule has 0 aliphatic rings. The van der Waals surface area contributed by atoms with Gasteiger partial charge in [-0.25, -0.2) is 15.0 Å². The SMILES string of the molecule is c1ccc(-c2ccc(-c3nc(-c4ccc(-c5ccccc5)cc4)nc(-c4ccc5ccc6oc7ccc(-n8c9cc%10ccccc%10cc9c9c%10ccccc%10ccc98)cc7c6c5c4)n3)cc2)cc1. The van der Waals surface area contributed by atoms with Crippen molar-refractivity contribution in [3.05, 3.63) is 231 Å². The van der Waals surface area contributed by atoms with Gasteiger partial charge in [0.25, 0.3) is 0 Å². The van der Waals surface area contributed by atoms with Gasteiger partial charge in [-0.3, -0.25) is 0 Å². The topological polar surface area (TPSA) is 56.7 Å². The molecule has 0 aliphatic carbocycles. The van der Waals surface area contributed by atoms with Crippen molar-refractivity contribution in [2.75, 3.05) is 0 Å². The first-order valence-corrected chi connectivity index (χ1v) is 23.0. The van der Waals surface area contributed by atoms with E-state index in [9.17, 15) is 0 Å². The van der Waals surface area contributed by atoms with Crippen LogP contribution < -0.4 is 0 Å². The first kappa shape index (κ1) is 38.1. The van der Waals surface area contributed by atoms with E-state index in [0.29, 0.717) is 17.5 Å². The van der Waals surface area contributed by atoms with E-state index >= 15 is 0 Å². The molecule has 14 rings (SSSR count). The number of hydrogen-bond acceptors (Lipinski definition) is 4. The lowest BCUT2D eigenvalue weighted by atomic mass is 10.0. The Morgan fingerprint density at radius 2 is 0.779 bits per heavy atom. The maximum atomic E-state index is 6.66. The monoisotopic (exact) mass is 866 g/mol. The first-order chi connectivity index (χ1) is 33.7. The molecule has 0 amide bonds. The molecule has 68 heavy (non-hydrogen) atoms. The summed E-state index contributed by atoms with van der Waals surface area (Å²) in [5.41, 5.74) is 12.4. The molecule has 3 heterocycles. The molecular formula is C63H38N4O. The number of furan rings is 1. The largest absolute Gasteiger partial charge is 0.456 e. The summed E-state index contributed by atoms with van der Waals surface area (Å²) in [7, 11) is 0. The van der Waals surface area contributed by atoms with Gasteiger partial charge in [-0.1, -0.05) is 182 Å². The van der Waals surface area contributed by atoms with Crippen LogP contribution in [-0.2, 0) is 0 Å². The predicted octanol–water partition coefficient (Wildman–Crippen LogP) is 16.7. The van der Waals surface area contributed by atoms with E-state index in [1.54, 1.807) is 0 Å². The fourth-order valence-corrected chi connectivity index (χ4v) is 10.3. The van der Waals surface area contributed by atoms with E-state index in [2.05, 4.69) is 223 Å². The molecular weight excluding hydrogens is 829 g/mol. The van der Waals surface area contributed by atoms with E-state index in [4.69, 9.17) is 19.4 Å². The number of aromatic nitrogens is 4. The van der Waals surface area contributed by atoms with Crippen molar-refractivity contribution in [1.82, 2.24) is 19.5 Å². The van der Waals surface area contributed by atoms with Crippen molar-refractivity contribution in [1.29, 1.82) is 0 Å². The molecule has 0 N–H and O–H groups in total. The van der Waals surface area contributed by atoms with Gasteiger partial charge in [0.2, 0.25) is 0 Å². The van der Waals surface area contributed by atoms with E-state index < -0.39 is 0 Å². The van der Waals surface area contributed by atoms with Crippen LogP contribution in [0.5, 0.6) is 0 Å². The van der Waals surface area contributed by atoms with Crippen LogP contribution in [0.25, 0.3) is 138 Å². The summed E-state index contributed by atoms with van der Waals surface area (Å²) in [6.45, 7) is 0. The van der Waals surface area contributed by atoms with Crippen molar-refractivity contribution >= 4 is 76.1 Å². The van der Waals surface area contributed by atoms with Gasteiger partial charge in [-0.2, -0.15) is 0 Å². The summed E-state index contributed by atoms with van der Waals surface area (Å²) in [6, 6.07) is 81.7. The van der Waals surface area contributed by atoms with Crippen molar-refractivity contribution in [2.45, 2.75) is 0 Å². The second kappa shape index (κ2) is 15.2. The molecule has 0 saturated heterocycles. The minimum absolute atomic E-state index is 0.599. The average molecular weight is 867 g/mol. The third-order valence-corrected chi connectivity index (χ3v) is 13.6. The molecule has 5 heteroatoms. The second-order valence-corrected chi connectivity index (χ2v) is 17.6. The van der Waals surface area contributed by atoms with Gasteiger partial charge in [-0.05, 0) is 103 Å². The highest BCUT2D eigenvalue weighted by molar-refractivity contribution is 6.24. The quantitative estimate of drug-likeness (QED) is 0.167. The zero-order chi connectivity index (χ0) is 44.7. The lowest BCUT2D eigenvalue weighted by Crippen LogP contribution is -2.00. The average Bonchev–Trinajstić information content (AvgIpc) is 3.96. The highest BCUT2D eigenvalue weighted by Crippen LogP contribution is 2.42. The molecule has 11 aromatic carbocycles. The van der Waals surface area contributed by atoms with Crippen LogP contribution in [-0.4, -0.2) is 19.5 Å². The second-order valence-electron chi connectivity index (χ2n) is 17.6. The van der Waals surface area contributed by atoms with Gasteiger partial charge in [0, 0.05) is 43.9 Å². The van der Waals surface area contributed by atoms with Crippen LogP contribution in [0.4, 0.5) is 0 Å². The predicted molar refractivity (Wildman–Crippen MR) is 281 cm³/mol. The molecule has 0 spiro atoms. The Balaban J connectivity index is 0.946. The zero-order valence-corrected chi connectivity index (χ0v) is 36.6. The maximum absolute atomic E-state index is 6.66. The molecule has 0 bridgehead atoms. The van der Waals surface area contributed by atoms with Gasteiger partial charge in [-0.15, -0.1) is 0 Å². The normalized spacial score (nSPS) is 11.8. The van der Waals surface area contributed by atoms with Crippen LogP contribution in [0.2, 0.25) is 0 Å². The third-order valence-electron chi connectivity index (χ3n) is 13.6. The lowest BCUT2D eigenvalue weighted by molar-refractivity contribution is 0.669. The van der Waals surface area contributed by atoms with E-state index in [1.807, 2.05) is 12.1 Å². The minimum atomic E-state index is 0.599. The summed E-state index contributed by atoms with van der Waals surface area (Å²) in [4.78, 5) is 15.5. The van der Waals surface area contributed by atoms with Crippen LogP contribution in [0, 0.1) is 0 Å². The molecule has 0 fully saturated rings. The summed E-state index contributed by atoms with van der Waals surface area (Å²) in [6.07, 6.45) is 0. The molecule has 5 nitrogen and oxygen atoms in total. The Morgan fingerprint density at radius 1 is 0.279 bits per heavy atom. The summed E-state index contributed by atoms with van der Waals surface area (Å²) in [5, 5.41) is 11.7. The van der Waals surface area contributed by atoms with Gasteiger partial charge in [0.15, 0.2) is 17.5 Å².